The van der Waals surface area contributed by atoms with E-state index in [1.165, 1.54) is 12.1 Å². The highest BCUT2D eigenvalue weighted by Gasteiger charge is 2.39. The van der Waals surface area contributed by atoms with Crippen LogP contribution in [0.2, 0.25) is 0 Å². The molecule has 1 aromatic rings. The molecule has 0 bridgehead atoms. The minimum Gasteiger partial charge on any atom is -0.481 e. The molecule has 100 valence electrons. The van der Waals surface area contributed by atoms with E-state index < -0.39 is 23.1 Å². The molecule has 0 heterocycles. The van der Waals surface area contributed by atoms with Gasteiger partial charge in [0, 0.05) is 0 Å². The molecule has 0 spiro atoms. The fourth-order valence-electron chi connectivity index (χ4n) is 2.08. The third kappa shape index (κ3) is 2.49. The number of carboxylic acids is 1. The molecule has 0 aliphatic carbocycles. The van der Waals surface area contributed by atoms with Crippen LogP contribution < -0.4 is 0 Å². The number of halogens is 3. The molecule has 18 heavy (non-hydrogen) atoms. The van der Waals surface area contributed by atoms with Gasteiger partial charge in [-0.15, -0.1) is 0 Å². The van der Waals surface area contributed by atoms with Gasteiger partial charge in [0.25, 0.3) is 0 Å². The Morgan fingerprint density at radius 3 is 2.06 bits per heavy atom. The van der Waals surface area contributed by atoms with E-state index in [1.54, 1.807) is 13.8 Å². The summed E-state index contributed by atoms with van der Waals surface area (Å²) in [5, 5.41) is 9.29. The van der Waals surface area contributed by atoms with E-state index in [0.717, 1.165) is 12.1 Å². The second-order valence-corrected chi connectivity index (χ2v) is 4.17. The molecule has 0 amide bonds. The van der Waals surface area contributed by atoms with E-state index in [1.807, 2.05) is 0 Å². The van der Waals surface area contributed by atoms with Crippen LogP contribution in [0.25, 0.3) is 0 Å². The van der Waals surface area contributed by atoms with Crippen molar-refractivity contribution in [3.63, 3.8) is 0 Å². The number of hydrogen-bond donors (Lipinski definition) is 1. The number of benzene rings is 1. The van der Waals surface area contributed by atoms with Gasteiger partial charge in [-0.25, -0.2) is 0 Å². The number of aliphatic carboxylic acids is 1. The highest BCUT2D eigenvalue weighted by Crippen LogP contribution is 2.36. The molecule has 0 saturated heterocycles. The van der Waals surface area contributed by atoms with Gasteiger partial charge < -0.3 is 5.11 Å². The fourth-order valence-corrected chi connectivity index (χ4v) is 2.08. The molecule has 1 rings (SSSR count). The Kier molecular flexibility index (Phi) is 4.04. The molecule has 0 unspecified atom stereocenters. The lowest BCUT2D eigenvalue weighted by Gasteiger charge is -2.27. The summed E-state index contributed by atoms with van der Waals surface area (Å²) in [6.07, 6.45) is -3.96. The van der Waals surface area contributed by atoms with E-state index in [-0.39, 0.29) is 18.4 Å². The summed E-state index contributed by atoms with van der Waals surface area (Å²) in [6, 6.07) is 4.57. The van der Waals surface area contributed by atoms with Gasteiger partial charge in [-0.05, 0) is 24.5 Å². The Hall–Kier alpha value is -1.52. The van der Waals surface area contributed by atoms with Gasteiger partial charge in [0.15, 0.2) is 0 Å². The van der Waals surface area contributed by atoms with Crippen molar-refractivity contribution in [2.24, 2.45) is 0 Å². The summed E-state index contributed by atoms with van der Waals surface area (Å²) < 4.78 is 37.9. The number of carboxylic acid groups (broad SMARTS) is 1. The van der Waals surface area contributed by atoms with Crippen LogP contribution in [-0.4, -0.2) is 11.1 Å². The lowest BCUT2D eigenvalue weighted by atomic mass is 9.75. The molecule has 5 heteroatoms. The molecule has 0 aliphatic rings. The number of hydrogen-bond acceptors (Lipinski definition) is 1. The van der Waals surface area contributed by atoms with Gasteiger partial charge in [-0.3, -0.25) is 4.79 Å². The minimum absolute atomic E-state index is 0.204. The van der Waals surface area contributed by atoms with Crippen molar-refractivity contribution in [2.75, 3.05) is 0 Å². The highest BCUT2D eigenvalue weighted by atomic mass is 19.4. The van der Waals surface area contributed by atoms with Crippen LogP contribution in [-0.2, 0) is 16.4 Å². The van der Waals surface area contributed by atoms with E-state index in [4.69, 9.17) is 0 Å². The smallest absolute Gasteiger partial charge is 0.416 e. The number of carbonyl (C=O) groups is 1. The van der Waals surface area contributed by atoms with Gasteiger partial charge >= 0.3 is 12.1 Å². The Morgan fingerprint density at radius 2 is 1.67 bits per heavy atom. The first kappa shape index (κ1) is 14.5. The Morgan fingerprint density at radius 1 is 1.17 bits per heavy atom. The van der Waals surface area contributed by atoms with Crippen LogP contribution in [0, 0.1) is 0 Å². The second kappa shape index (κ2) is 5.00. The minimum atomic E-state index is -4.46. The van der Waals surface area contributed by atoms with Gasteiger partial charge in [-0.1, -0.05) is 32.0 Å². The van der Waals surface area contributed by atoms with Gasteiger partial charge in [-0.2, -0.15) is 13.2 Å². The maximum Gasteiger partial charge on any atom is 0.416 e. The normalized spacial score (nSPS) is 12.5. The largest absolute Gasteiger partial charge is 0.481 e. The van der Waals surface area contributed by atoms with Crippen LogP contribution in [0.15, 0.2) is 24.3 Å². The summed E-state index contributed by atoms with van der Waals surface area (Å²) in [7, 11) is 0. The molecule has 0 fully saturated rings. The van der Waals surface area contributed by atoms with E-state index in [9.17, 15) is 23.1 Å². The molecule has 0 aliphatic heterocycles. The van der Waals surface area contributed by atoms with Gasteiger partial charge in [0.1, 0.15) is 0 Å². The van der Waals surface area contributed by atoms with Crippen molar-refractivity contribution < 1.29 is 23.1 Å². The molecule has 1 aromatic carbocycles. The molecule has 0 radical (unpaired) electrons. The van der Waals surface area contributed by atoms with Crippen molar-refractivity contribution in [2.45, 2.75) is 38.3 Å². The molecular formula is C13H15F3O2. The van der Waals surface area contributed by atoms with Gasteiger partial charge in [0.05, 0.1) is 11.0 Å². The van der Waals surface area contributed by atoms with Crippen molar-refractivity contribution in [3.8, 4) is 0 Å². The predicted octanol–water partition coefficient (Wildman–Crippen LogP) is 3.85. The van der Waals surface area contributed by atoms with Crippen molar-refractivity contribution in [1.29, 1.82) is 0 Å². The zero-order chi connectivity index (χ0) is 14.0. The lowest BCUT2D eigenvalue weighted by Crippen LogP contribution is -2.34. The summed E-state index contributed by atoms with van der Waals surface area (Å²) in [5.74, 6) is -1.09. The topological polar surface area (TPSA) is 37.3 Å². The zero-order valence-corrected chi connectivity index (χ0v) is 10.2. The molecule has 1 N–H and O–H groups in total. The summed E-state index contributed by atoms with van der Waals surface area (Å²) >= 11 is 0. The molecule has 0 aromatic heterocycles. The quantitative estimate of drug-likeness (QED) is 0.892. The highest BCUT2D eigenvalue weighted by molar-refractivity contribution is 5.81. The third-order valence-electron chi connectivity index (χ3n) is 3.36. The first-order valence-corrected chi connectivity index (χ1v) is 5.69. The summed E-state index contributed by atoms with van der Waals surface area (Å²) in [5.41, 5.74) is -1.86. The van der Waals surface area contributed by atoms with Crippen LogP contribution in [0.1, 0.15) is 37.8 Å². The third-order valence-corrected chi connectivity index (χ3v) is 3.36. The molecule has 0 atom stereocenters. The first-order chi connectivity index (χ1) is 8.28. The average Bonchev–Trinajstić information content (AvgIpc) is 2.30. The Labute approximate surface area is 103 Å². The zero-order valence-electron chi connectivity index (χ0n) is 10.2. The molecular weight excluding hydrogens is 245 g/mol. The van der Waals surface area contributed by atoms with Crippen LogP contribution in [0.4, 0.5) is 13.2 Å². The monoisotopic (exact) mass is 260 g/mol. The molecule has 2 nitrogen and oxygen atoms in total. The first-order valence-electron chi connectivity index (χ1n) is 5.69. The Balaban J connectivity index is 3.35. The van der Waals surface area contributed by atoms with Crippen LogP contribution >= 0.6 is 0 Å². The van der Waals surface area contributed by atoms with Crippen LogP contribution in [0.3, 0.4) is 0 Å². The summed E-state index contributed by atoms with van der Waals surface area (Å²) in [6.45, 7) is 3.33. The van der Waals surface area contributed by atoms with E-state index in [0.29, 0.717) is 0 Å². The van der Waals surface area contributed by atoms with Crippen molar-refractivity contribution in [1.82, 2.24) is 0 Å². The van der Waals surface area contributed by atoms with E-state index in [2.05, 4.69) is 0 Å². The second-order valence-electron chi connectivity index (χ2n) is 4.17. The predicted molar refractivity (Wildman–Crippen MR) is 61.3 cm³/mol. The van der Waals surface area contributed by atoms with E-state index >= 15 is 0 Å². The van der Waals surface area contributed by atoms with Crippen LogP contribution in [0.5, 0.6) is 0 Å². The maximum atomic E-state index is 12.6. The van der Waals surface area contributed by atoms with Gasteiger partial charge in [0.2, 0.25) is 0 Å². The van der Waals surface area contributed by atoms with Crippen molar-refractivity contribution >= 4 is 5.97 Å². The number of alkyl halides is 3. The maximum absolute atomic E-state index is 12.6. The fraction of sp³-hybridized carbons (Fsp3) is 0.462. The lowest BCUT2D eigenvalue weighted by molar-refractivity contribution is -0.144. The average molecular weight is 260 g/mol. The summed E-state index contributed by atoms with van der Waals surface area (Å²) in [4.78, 5) is 11.4. The molecule has 0 saturated carbocycles. The van der Waals surface area contributed by atoms with Crippen molar-refractivity contribution in [3.05, 3.63) is 35.4 Å². The SMILES string of the molecule is CCC(CC)(C(=O)O)c1cccc(C(F)(F)F)c1. The Bertz CT molecular complexity index is 434. The standard InChI is InChI=1S/C13H15F3O2/c1-3-12(4-2,11(17)18)9-6-5-7-10(8-9)13(14,15)16/h5-8H,3-4H2,1-2H3,(H,17,18). The number of rotatable bonds is 4.